The molecule has 5 rings (SSSR count). The molecule has 0 radical (unpaired) electrons. The number of unbranched alkanes of at least 4 members (excludes halogenated alkanes) is 1. The lowest BCUT2D eigenvalue weighted by molar-refractivity contribution is -0.143. The summed E-state index contributed by atoms with van der Waals surface area (Å²) < 4.78 is 5.21. The van der Waals surface area contributed by atoms with Crippen LogP contribution in [0.4, 0.5) is 9.59 Å². The summed E-state index contributed by atoms with van der Waals surface area (Å²) in [6.07, 6.45) is 2.59. The second-order valence-corrected chi connectivity index (χ2v) is 14.4. The summed E-state index contributed by atoms with van der Waals surface area (Å²) in [5.74, 6) is -2.30. The van der Waals surface area contributed by atoms with Gasteiger partial charge in [-0.2, -0.15) is 0 Å². The van der Waals surface area contributed by atoms with E-state index in [4.69, 9.17) is 21.9 Å². The summed E-state index contributed by atoms with van der Waals surface area (Å²) in [6.45, 7) is 0.561. The number of hydrogen-bond donors (Lipinski definition) is 9. The van der Waals surface area contributed by atoms with Gasteiger partial charge < -0.3 is 53.6 Å². The van der Waals surface area contributed by atoms with E-state index in [9.17, 15) is 33.9 Å². The zero-order valence-corrected chi connectivity index (χ0v) is 30.8. The largest absolute Gasteiger partial charge is 0.465 e. The number of benzene rings is 2. The van der Waals surface area contributed by atoms with E-state index in [0.717, 1.165) is 24.8 Å². The Morgan fingerprint density at radius 1 is 0.727 bits per heavy atom. The predicted molar refractivity (Wildman–Crippen MR) is 203 cm³/mol. The third-order valence-corrected chi connectivity index (χ3v) is 9.97. The molecule has 298 valence electrons. The Balaban J connectivity index is 1.37. The molecule has 0 aromatic heterocycles. The number of carbonyl (C=O) groups is 6. The van der Waals surface area contributed by atoms with E-state index in [1.807, 2.05) is 30.3 Å². The molecular weight excluding hydrogens is 710 g/mol. The highest BCUT2D eigenvalue weighted by Gasteiger charge is 2.57. The number of carboxylic acid groups (broad SMARTS) is 1. The average molecular weight is 764 g/mol. The van der Waals surface area contributed by atoms with Crippen molar-refractivity contribution in [2.24, 2.45) is 33.5 Å². The first-order valence-corrected chi connectivity index (χ1v) is 18.6. The van der Waals surface area contributed by atoms with Gasteiger partial charge in [0.05, 0.1) is 0 Å². The number of ether oxygens (including phenoxy) is 1. The molecule has 2 bridgehead atoms. The second-order valence-electron chi connectivity index (χ2n) is 14.4. The van der Waals surface area contributed by atoms with Gasteiger partial charge in [-0.1, -0.05) is 60.7 Å². The smallest absolute Gasteiger partial charge is 0.407 e. The SMILES string of the molecule is NC(=O)C(CCCCNC(=O)OCc1ccccc1)NC(=O)C(CC12CC(C1)C2)NC(=O)C(CCCN=C(N)N)NC(=O)C(Cc1ccccc1)NC(=O)O. The van der Waals surface area contributed by atoms with E-state index in [1.165, 1.54) is 0 Å². The fourth-order valence-corrected chi connectivity index (χ4v) is 7.07. The number of amides is 6. The average Bonchev–Trinajstić information content (AvgIpc) is 3.11. The first-order chi connectivity index (χ1) is 26.3. The number of alkyl carbamates (subject to hydrolysis) is 1. The van der Waals surface area contributed by atoms with Crippen LogP contribution in [0.5, 0.6) is 0 Å². The fraction of sp³-hybridized carbons (Fsp3) is 0.500. The highest BCUT2D eigenvalue weighted by Crippen LogP contribution is 2.66. The third-order valence-electron chi connectivity index (χ3n) is 9.97. The molecule has 3 fully saturated rings. The number of primary amides is 1. The first kappa shape index (κ1) is 41.9. The van der Waals surface area contributed by atoms with Gasteiger partial charge in [0.25, 0.3) is 0 Å². The van der Waals surface area contributed by atoms with Crippen LogP contribution in [0.15, 0.2) is 65.7 Å². The van der Waals surface area contributed by atoms with Crippen molar-refractivity contribution in [3.05, 3.63) is 71.8 Å². The van der Waals surface area contributed by atoms with Crippen molar-refractivity contribution in [3.8, 4) is 0 Å². The maximum Gasteiger partial charge on any atom is 0.407 e. The van der Waals surface area contributed by atoms with Crippen molar-refractivity contribution in [1.82, 2.24) is 26.6 Å². The first-order valence-electron chi connectivity index (χ1n) is 18.6. The molecule has 4 atom stereocenters. The normalized spacial score (nSPS) is 18.7. The lowest BCUT2D eigenvalue weighted by Gasteiger charge is -2.63. The second kappa shape index (κ2) is 20.5. The van der Waals surface area contributed by atoms with Gasteiger partial charge in [-0.25, -0.2) is 9.59 Å². The van der Waals surface area contributed by atoms with Gasteiger partial charge >= 0.3 is 12.2 Å². The summed E-state index contributed by atoms with van der Waals surface area (Å²) in [4.78, 5) is 81.3. The molecule has 0 spiro atoms. The fourth-order valence-electron chi connectivity index (χ4n) is 7.07. The molecule has 6 amide bonds. The number of nitrogens with one attached hydrogen (secondary N) is 5. The number of aliphatic imine (C=N–C) groups is 1. The maximum absolute atomic E-state index is 13.9. The number of nitrogens with two attached hydrogens (primary N) is 3. The minimum atomic E-state index is -1.42. The Morgan fingerprint density at radius 2 is 1.29 bits per heavy atom. The van der Waals surface area contributed by atoms with Crippen molar-refractivity contribution in [1.29, 1.82) is 0 Å². The monoisotopic (exact) mass is 763 g/mol. The van der Waals surface area contributed by atoms with E-state index in [2.05, 4.69) is 31.6 Å². The van der Waals surface area contributed by atoms with Crippen molar-refractivity contribution in [2.45, 2.75) is 95.0 Å². The van der Waals surface area contributed by atoms with E-state index < -0.39 is 60.0 Å². The van der Waals surface area contributed by atoms with Crippen LogP contribution in [-0.2, 0) is 36.9 Å². The third kappa shape index (κ3) is 13.8. The number of nitrogens with zero attached hydrogens (tertiary/aromatic N) is 1. The summed E-state index contributed by atoms with van der Waals surface area (Å²) in [5, 5.41) is 22.5. The zero-order valence-electron chi connectivity index (χ0n) is 30.8. The van der Waals surface area contributed by atoms with Crippen molar-refractivity contribution < 1.29 is 38.6 Å². The molecule has 4 unspecified atom stereocenters. The maximum atomic E-state index is 13.9. The number of carbonyl (C=O) groups excluding carboxylic acids is 5. The molecule has 3 aliphatic carbocycles. The zero-order chi connectivity index (χ0) is 39.8. The van der Waals surface area contributed by atoms with Crippen molar-refractivity contribution in [2.75, 3.05) is 13.1 Å². The van der Waals surface area contributed by atoms with Crippen LogP contribution in [0.25, 0.3) is 0 Å². The van der Waals surface area contributed by atoms with Gasteiger partial charge in [0.15, 0.2) is 5.96 Å². The van der Waals surface area contributed by atoms with E-state index in [0.29, 0.717) is 30.7 Å². The van der Waals surface area contributed by atoms with Gasteiger partial charge in [0, 0.05) is 19.5 Å². The topological polar surface area (TPSA) is 282 Å². The lowest BCUT2D eigenvalue weighted by atomic mass is 9.43. The van der Waals surface area contributed by atoms with E-state index >= 15 is 0 Å². The minimum Gasteiger partial charge on any atom is -0.465 e. The van der Waals surface area contributed by atoms with E-state index in [-0.39, 0.29) is 56.8 Å². The quantitative estimate of drug-likeness (QED) is 0.0442. The molecule has 0 heterocycles. The van der Waals surface area contributed by atoms with E-state index in [1.54, 1.807) is 30.3 Å². The summed E-state index contributed by atoms with van der Waals surface area (Å²) in [5.41, 5.74) is 18.0. The molecule has 55 heavy (non-hydrogen) atoms. The number of hydrogen-bond acceptors (Lipinski definition) is 8. The Bertz CT molecular complexity index is 1640. The molecule has 3 aliphatic rings. The minimum absolute atomic E-state index is 0.0267. The Hall–Kier alpha value is -5.87. The molecule has 0 aliphatic heterocycles. The number of rotatable bonds is 23. The van der Waals surface area contributed by atoms with Crippen LogP contribution in [0.2, 0.25) is 0 Å². The van der Waals surface area contributed by atoms with Gasteiger partial charge in [-0.3, -0.25) is 24.2 Å². The van der Waals surface area contributed by atoms with Gasteiger partial charge in [-0.15, -0.1) is 0 Å². The lowest BCUT2D eigenvalue weighted by Crippen LogP contribution is -2.61. The van der Waals surface area contributed by atoms with Crippen molar-refractivity contribution >= 4 is 41.8 Å². The summed E-state index contributed by atoms with van der Waals surface area (Å²) in [6, 6.07) is 13.5. The Kier molecular flexibility index (Phi) is 15.6. The predicted octanol–water partition coefficient (Wildman–Crippen LogP) is 1.15. The van der Waals surface area contributed by atoms with Crippen LogP contribution in [0.1, 0.15) is 68.9 Å². The van der Waals surface area contributed by atoms with Gasteiger partial charge in [-0.05, 0) is 80.2 Å². The highest BCUT2D eigenvalue weighted by molar-refractivity contribution is 5.95. The molecule has 2 aromatic rings. The van der Waals surface area contributed by atoms with Crippen LogP contribution < -0.4 is 43.8 Å². The molecule has 0 saturated heterocycles. The summed E-state index contributed by atoms with van der Waals surface area (Å²) >= 11 is 0. The van der Waals surface area contributed by atoms with Crippen LogP contribution >= 0.6 is 0 Å². The van der Waals surface area contributed by atoms with Crippen LogP contribution in [-0.4, -0.2) is 84.1 Å². The molecule has 2 aromatic carbocycles. The molecule has 12 N–H and O–H groups in total. The van der Waals surface area contributed by atoms with Crippen molar-refractivity contribution in [3.63, 3.8) is 0 Å². The summed E-state index contributed by atoms with van der Waals surface area (Å²) in [7, 11) is 0. The standard InChI is InChI=1S/C38H53N9O8/c39-31(48)27(14-7-8-16-43-37(54)55-23-25-12-5-2-6-13-25)44-34(51)30(22-38-19-26(20-38)21-38)46-32(49)28(15-9-17-42-35(40)41)45-33(50)29(47-36(52)53)18-24-10-3-1-4-11-24/h1-6,10-13,26-30,47H,7-9,14-23H2,(H2,39,48)(H,43,54)(H,44,51)(H,45,50)(H,46,49)(H,52,53)(H4,40,41,42). The van der Waals surface area contributed by atoms with Gasteiger partial charge in [0.1, 0.15) is 30.8 Å². The van der Waals surface area contributed by atoms with Gasteiger partial charge in [0.2, 0.25) is 23.6 Å². The highest BCUT2D eigenvalue weighted by atomic mass is 16.5. The Labute approximate surface area is 320 Å². The number of guanidine groups is 1. The molecule has 17 nitrogen and oxygen atoms in total. The molecule has 17 heteroatoms. The molecule has 3 saturated carbocycles. The van der Waals surface area contributed by atoms with Crippen LogP contribution in [0.3, 0.4) is 0 Å². The molecular formula is C38H53N9O8. The van der Waals surface area contributed by atoms with Crippen LogP contribution in [0, 0.1) is 11.3 Å². The Morgan fingerprint density at radius 3 is 1.87 bits per heavy atom.